The second-order valence-electron chi connectivity index (χ2n) is 7.78. The highest BCUT2D eigenvalue weighted by Gasteiger charge is 2.25. The highest BCUT2D eigenvalue weighted by Crippen LogP contribution is 2.14. The zero-order valence-corrected chi connectivity index (χ0v) is 17.5. The summed E-state index contributed by atoms with van der Waals surface area (Å²) in [6, 6.07) is 0. The van der Waals surface area contributed by atoms with Crippen LogP contribution in [0.2, 0.25) is 5.28 Å². The number of rotatable bonds is 8. The van der Waals surface area contributed by atoms with Gasteiger partial charge < -0.3 is 15.0 Å². The molecular formula is C18H28ClN5O4. The van der Waals surface area contributed by atoms with Gasteiger partial charge in [-0.05, 0) is 45.2 Å². The van der Waals surface area contributed by atoms with Gasteiger partial charge in [-0.15, -0.1) is 0 Å². The lowest BCUT2D eigenvalue weighted by Crippen LogP contribution is -2.46. The van der Waals surface area contributed by atoms with Gasteiger partial charge in [-0.1, -0.05) is 19.8 Å². The molecule has 0 saturated carbocycles. The van der Waals surface area contributed by atoms with Gasteiger partial charge in [-0.3, -0.25) is 13.9 Å². The van der Waals surface area contributed by atoms with Gasteiger partial charge in [0, 0.05) is 25.2 Å². The molecule has 0 saturated heterocycles. The summed E-state index contributed by atoms with van der Waals surface area (Å²) in [6.45, 7) is 8.22. The van der Waals surface area contributed by atoms with Crippen molar-refractivity contribution in [3.8, 4) is 0 Å². The molecule has 2 aromatic rings. The van der Waals surface area contributed by atoms with E-state index in [4.69, 9.17) is 11.6 Å². The molecule has 0 fully saturated rings. The molecule has 9 nitrogen and oxygen atoms in total. The predicted octanol–water partition coefficient (Wildman–Crippen LogP) is 2.90. The first-order valence-electron chi connectivity index (χ1n) is 9.47. The molecule has 156 valence electrons. The zero-order valence-electron chi connectivity index (χ0n) is 16.8. The van der Waals surface area contributed by atoms with Crippen LogP contribution in [0.25, 0.3) is 11.2 Å². The number of nitrogens with one attached hydrogen (secondary N) is 1. The number of carbonyl (C=O) groups is 1. The van der Waals surface area contributed by atoms with Gasteiger partial charge in [0.1, 0.15) is 0 Å². The number of aromatic amines is 1. The van der Waals surface area contributed by atoms with Gasteiger partial charge in [0.05, 0.1) is 0 Å². The second-order valence-corrected chi connectivity index (χ2v) is 8.14. The maximum Gasteiger partial charge on any atom is 0.407 e. The topological polar surface area (TPSA) is 113 Å². The summed E-state index contributed by atoms with van der Waals surface area (Å²) in [7, 11) is 0. The largest absolute Gasteiger partial charge is 0.465 e. The van der Waals surface area contributed by atoms with Crippen LogP contribution < -0.4 is 11.2 Å². The molecule has 0 unspecified atom stereocenters. The lowest BCUT2D eigenvalue weighted by atomic mass is 10.1. The third-order valence-electron chi connectivity index (χ3n) is 4.62. The molecular weight excluding hydrogens is 386 g/mol. The maximum atomic E-state index is 12.9. The van der Waals surface area contributed by atoms with Gasteiger partial charge >= 0.3 is 11.8 Å². The number of carboxylic acid groups (broad SMARTS) is 1. The van der Waals surface area contributed by atoms with Crippen LogP contribution in [0.1, 0.15) is 53.4 Å². The molecule has 28 heavy (non-hydrogen) atoms. The number of amides is 1. The molecule has 0 radical (unpaired) electrons. The Morgan fingerprint density at radius 1 is 1.18 bits per heavy atom. The highest BCUT2D eigenvalue weighted by molar-refractivity contribution is 6.28. The number of nitrogens with zero attached hydrogens (tertiary/aromatic N) is 4. The first-order chi connectivity index (χ1) is 13.1. The van der Waals surface area contributed by atoms with E-state index in [1.807, 2.05) is 0 Å². The number of halogens is 1. The van der Waals surface area contributed by atoms with Crippen molar-refractivity contribution in [2.75, 3.05) is 6.54 Å². The Bertz CT molecular complexity index is 954. The fourth-order valence-corrected chi connectivity index (χ4v) is 3.34. The number of unbranched alkanes of at least 4 members (excludes halogenated alkanes) is 2. The van der Waals surface area contributed by atoms with E-state index in [1.54, 1.807) is 20.8 Å². The van der Waals surface area contributed by atoms with Crippen LogP contribution >= 0.6 is 11.6 Å². The minimum Gasteiger partial charge on any atom is -0.465 e. The third kappa shape index (κ3) is 4.76. The number of H-pyrrole nitrogens is 1. The fourth-order valence-electron chi connectivity index (χ4n) is 3.16. The SMILES string of the molecule is CCCCCn1c(=O)n(CCCN(C(=O)O)C(C)(C)C)c(=O)c2[nH]c(Cl)nc21. The monoisotopic (exact) mass is 413 g/mol. The number of hydrogen-bond acceptors (Lipinski definition) is 4. The quantitative estimate of drug-likeness (QED) is 0.510. The van der Waals surface area contributed by atoms with Crippen molar-refractivity contribution in [2.45, 2.75) is 72.0 Å². The van der Waals surface area contributed by atoms with E-state index in [0.717, 1.165) is 23.8 Å². The molecule has 0 aromatic carbocycles. The number of aryl methyl sites for hydroxylation is 1. The van der Waals surface area contributed by atoms with Crippen LogP contribution in [0.5, 0.6) is 0 Å². The minimum atomic E-state index is -1.03. The lowest BCUT2D eigenvalue weighted by molar-refractivity contribution is 0.0985. The van der Waals surface area contributed by atoms with Crippen molar-refractivity contribution in [3.05, 3.63) is 26.1 Å². The Morgan fingerprint density at radius 3 is 2.39 bits per heavy atom. The molecule has 2 N–H and O–H groups in total. The molecule has 1 amide bonds. The second kappa shape index (κ2) is 8.81. The molecule has 2 rings (SSSR count). The predicted molar refractivity (Wildman–Crippen MR) is 108 cm³/mol. The van der Waals surface area contributed by atoms with Crippen molar-refractivity contribution >= 4 is 28.9 Å². The highest BCUT2D eigenvalue weighted by atomic mass is 35.5. The van der Waals surface area contributed by atoms with E-state index in [2.05, 4.69) is 16.9 Å². The van der Waals surface area contributed by atoms with Gasteiger partial charge in [-0.25, -0.2) is 9.59 Å². The van der Waals surface area contributed by atoms with E-state index < -0.39 is 22.9 Å². The van der Waals surface area contributed by atoms with Gasteiger partial charge in [0.2, 0.25) is 5.28 Å². The summed E-state index contributed by atoms with van der Waals surface area (Å²) < 4.78 is 2.60. The number of fused-ring (bicyclic) bond motifs is 1. The van der Waals surface area contributed by atoms with Gasteiger partial charge in [0.15, 0.2) is 11.2 Å². The Balaban J connectivity index is 2.35. The molecule has 0 bridgehead atoms. The minimum absolute atomic E-state index is 0.0540. The van der Waals surface area contributed by atoms with E-state index >= 15 is 0 Å². The summed E-state index contributed by atoms with van der Waals surface area (Å²) in [5, 5.41) is 9.44. The molecule has 10 heteroatoms. The number of imidazole rings is 1. The molecule has 0 atom stereocenters. The molecule has 2 heterocycles. The van der Waals surface area contributed by atoms with Crippen LogP contribution in [-0.4, -0.2) is 47.3 Å². The number of aromatic nitrogens is 4. The molecule has 0 spiro atoms. The third-order valence-corrected chi connectivity index (χ3v) is 4.80. The standard InChI is InChI=1S/C18H28ClN5O4/c1-5-6-7-9-22-13-12(20-15(19)21-13)14(25)23(16(22)26)10-8-11-24(17(27)28)18(2,3)4/h5-11H2,1-4H3,(H,20,21)(H,27,28). The van der Waals surface area contributed by atoms with Crippen LogP contribution in [0, 0.1) is 0 Å². The first-order valence-corrected chi connectivity index (χ1v) is 9.85. The Kier molecular flexibility index (Phi) is 6.92. The van der Waals surface area contributed by atoms with Crippen molar-refractivity contribution in [2.24, 2.45) is 0 Å². The zero-order chi connectivity index (χ0) is 21.1. The van der Waals surface area contributed by atoms with Gasteiger partial charge in [0.25, 0.3) is 5.56 Å². The average molecular weight is 414 g/mol. The Hall–Kier alpha value is -2.29. The van der Waals surface area contributed by atoms with E-state index in [1.165, 1.54) is 9.47 Å². The first kappa shape index (κ1) is 22.0. The van der Waals surface area contributed by atoms with E-state index in [-0.39, 0.29) is 29.5 Å². The average Bonchev–Trinajstić information content (AvgIpc) is 2.97. The summed E-state index contributed by atoms with van der Waals surface area (Å²) in [5.74, 6) is 0. The number of hydrogen-bond donors (Lipinski definition) is 2. The van der Waals surface area contributed by atoms with Crippen LogP contribution in [-0.2, 0) is 13.1 Å². The van der Waals surface area contributed by atoms with Crippen LogP contribution in [0.15, 0.2) is 9.59 Å². The summed E-state index contributed by atoms with van der Waals surface area (Å²) in [6.07, 6.45) is 2.03. The smallest absolute Gasteiger partial charge is 0.407 e. The normalized spacial score (nSPS) is 11.9. The fraction of sp³-hybridized carbons (Fsp3) is 0.667. The molecule has 0 aliphatic heterocycles. The van der Waals surface area contributed by atoms with Crippen molar-refractivity contribution in [1.29, 1.82) is 0 Å². The van der Waals surface area contributed by atoms with Gasteiger partial charge in [-0.2, -0.15) is 4.98 Å². The molecule has 2 aromatic heterocycles. The summed E-state index contributed by atoms with van der Waals surface area (Å²) in [5.41, 5.74) is -1.07. The van der Waals surface area contributed by atoms with Crippen molar-refractivity contribution < 1.29 is 9.90 Å². The molecule has 0 aliphatic rings. The van der Waals surface area contributed by atoms with Crippen LogP contribution in [0.3, 0.4) is 0 Å². The van der Waals surface area contributed by atoms with Crippen molar-refractivity contribution in [1.82, 2.24) is 24.0 Å². The molecule has 0 aliphatic carbocycles. The van der Waals surface area contributed by atoms with Crippen LogP contribution in [0.4, 0.5) is 4.79 Å². The van der Waals surface area contributed by atoms with E-state index in [0.29, 0.717) is 13.0 Å². The summed E-state index contributed by atoms with van der Waals surface area (Å²) >= 11 is 5.92. The Morgan fingerprint density at radius 2 is 1.82 bits per heavy atom. The van der Waals surface area contributed by atoms with Crippen molar-refractivity contribution in [3.63, 3.8) is 0 Å². The maximum absolute atomic E-state index is 12.9. The Labute approximate surface area is 167 Å². The summed E-state index contributed by atoms with van der Waals surface area (Å²) in [4.78, 5) is 45.2. The van der Waals surface area contributed by atoms with E-state index in [9.17, 15) is 19.5 Å². The lowest BCUT2D eigenvalue weighted by Gasteiger charge is -2.33.